The van der Waals surface area contributed by atoms with Gasteiger partial charge in [-0.25, -0.2) is 0 Å². The smallest absolute Gasteiger partial charge is 0.0634 e. The number of nitrogens with zero attached hydrogens (tertiary/aromatic N) is 2. The molecule has 0 bridgehead atoms. The predicted molar refractivity (Wildman–Crippen MR) is 353 cm³/mol. The summed E-state index contributed by atoms with van der Waals surface area (Å²) in [6, 6.07) is 16.9. The highest BCUT2D eigenvalue weighted by atomic mass is 14.8. The van der Waals surface area contributed by atoms with E-state index in [9.17, 15) is 0 Å². The Kier molecular flexibility index (Phi) is 53.3. The molecule has 0 amide bonds. The van der Waals surface area contributed by atoms with Crippen molar-refractivity contribution in [2.24, 2.45) is 9.98 Å². The van der Waals surface area contributed by atoms with Gasteiger partial charge < -0.3 is 0 Å². The van der Waals surface area contributed by atoms with Crippen LogP contribution >= 0.6 is 0 Å². The molecule has 0 unspecified atom stereocenters. The van der Waals surface area contributed by atoms with Gasteiger partial charge in [-0.2, -0.15) is 0 Å². The molecular formula is C76H128N2. The van der Waals surface area contributed by atoms with Crippen LogP contribution in [0.15, 0.2) is 58.5 Å². The summed E-state index contributed by atoms with van der Waals surface area (Å²) in [4.78, 5) is 9.90. The van der Waals surface area contributed by atoms with E-state index < -0.39 is 0 Å². The molecule has 2 aromatic carbocycles. The lowest BCUT2D eigenvalue weighted by Gasteiger charge is -2.04. The Bertz CT molecular complexity index is 1730. The molecule has 78 heavy (non-hydrogen) atoms. The summed E-state index contributed by atoms with van der Waals surface area (Å²) in [5.41, 5.74) is 5.12. The maximum atomic E-state index is 5.05. The van der Waals surface area contributed by atoms with Gasteiger partial charge in [-0.1, -0.05) is 359 Å². The van der Waals surface area contributed by atoms with Crippen molar-refractivity contribution in [3.63, 3.8) is 0 Å². The third-order valence-electron chi connectivity index (χ3n) is 16.4. The van der Waals surface area contributed by atoms with E-state index in [2.05, 4.69) is 93.0 Å². The zero-order valence-corrected chi connectivity index (χ0v) is 52.5. The molecule has 442 valence electrons. The second-order valence-corrected chi connectivity index (χ2v) is 24.1. The van der Waals surface area contributed by atoms with Crippen LogP contribution in [0, 0.1) is 23.7 Å². The average Bonchev–Trinajstić information content (AvgIpc) is 3.46. The molecule has 0 saturated heterocycles. The minimum absolute atomic E-state index is 0.938. The molecule has 0 fully saturated rings. The predicted octanol–water partition coefficient (Wildman–Crippen LogP) is 26.4. The summed E-state index contributed by atoms with van der Waals surface area (Å²) >= 11 is 0. The molecule has 0 aliphatic rings. The molecule has 2 aromatic rings. The first kappa shape index (κ1) is 71.0. The summed E-state index contributed by atoms with van der Waals surface area (Å²) in [6.45, 7) is 6.88. The Morgan fingerprint density at radius 2 is 0.513 bits per heavy atom. The van der Waals surface area contributed by atoms with E-state index in [1.54, 1.807) is 0 Å². The number of benzene rings is 2. The van der Waals surface area contributed by atoms with Crippen molar-refractivity contribution in [3.05, 3.63) is 59.7 Å². The van der Waals surface area contributed by atoms with Crippen molar-refractivity contribution < 1.29 is 0 Å². The Morgan fingerprint density at radius 3 is 0.782 bits per heavy atom. The quantitative estimate of drug-likeness (QED) is 0.0358. The molecule has 0 aliphatic carbocycles. The minimum Gasteiger partial charge on any atom is -0.255 e. The number of hydrogen-bond donors (Lipinski definition) is 0. The second kappa shape index (κ2) is 58.6. The van der Waals surface area contributed by atoms with E-state index in [1.165, 1.54) is 327 Å². The van der Waals surface area contributed by atoms with Crippen LogP contribution in [-0.2, 0) is 0 Å². The topological polar surface area (TPSA) is 24.7 Å². The van der Waals surface area contributed by atoms with Crippen LogP contribution in [0.1, 0.15) is 385 Å². The summed E-state index contributed by atoms with van der Waals surface area (Å²) in [5.74, 6) is 13.7. The fraction of sp³-hybridized carbons (Fsp3) is 0.763. The molecule has 0 N–H and O–H groups in total. The van der Waals surface area contributed by atoms with Gasteiger partial charge in [0, 0.05) is 30.2 Å². The summed E-state index contributed by atoms with van der Waals surface area (Å²) in [7, 11) is 0. The molecule has 2 heteroatoms. The van der Waals surface area contributed by atoms with Crippen LogP contribution in [0.3, 0.4) is 0 Å². The zero-order chi connectivity index (χ0) is 55.4. The Hall–Kier alpha value is -3.10. The van der Waals surface area contributed by atoms with E-state index >= 15 is 0 Å². The van der Waals surface area contributed by atoms with Crippen LogP contribution in [0.2, 0.25) is 0 Å². The zero-order valence-electron chi connectivity index (χ0n) is 52.5. The van der Waals surface area contributed by atoms with E-state index in [0.717, 1.165) is 53.9 Å². The monoisotopic (exact) mass is 1070 g/mol. The molecule has 0 atom stereocenters. The lowest BCUT2D eigenvalue weighted by Crippen LogP contribution is -1.99. The first-order valence-corrected chi connectivity index (χ1v) is 35.0. The molecule has 0 aliphatic heterocycles. The third kappa shape index (κ3) is 48.8. The van der Waals surface area contributed by atoms with E-state index in [4.69, 9.17) is 9.98 Å². The van der Waals surface area contributed by atoms with Crippen molar-refractivity contribution in [1.29, 1.82) is 0 Å². The van der Waals surface area contributed by atoms with Gasteiger partial charge in [0.25, 0.3) is 0 Å². The molecule has 0 heterocycles. The fourth-order valence-corrected chi connectivity index (χ4v) is 11.1. The second-order valence-electron chi connectivity index (χ2n) is 24.1. The van der Waals surface area contributed by atoms with Gasteiger partial charge in [-0.3, -0.25) is 9.98 Å². The average molecular weight is 1070 g/mol. The van der Waals surface area contributed by atoms with Gasteiger partial charge >= 0.3 is 0 Å². The van der Waals surface area contributed by atoms with Gasteiger partial charge in [0.1, 0.15) is 0 Å². The highest BCUT2D eigenvalue weighted by molar-refractivity contribution is 6.31. The molecule has 0 aromatic heterocycles. The van der Waals surface area contributed by atoms with Gasteiger partial charge in [-0.15, -0.1) is 0 Å². The van der Waals surface area contributed by atoms with E-state index in [1.807, 2.05) is 6.21 Å². The maximum Gasteiger partial charge on any atom is 0.0634 e. The molecule has 0 spiro atoms. The number of hydrogen-bond acceptors (Lipinski definition) is 2. The largest absolute Gasteiger partial charge is 0.255 e. The molecular weight excluding hydrogens is 941 g/mol. The first-order valence-electron chi connectivity index (χ1n) is 35.0. The van der Waals surface area contributed by atoms with Crippen molar-refractivity contribution in [3.8, 4) is 23.7 Å². The third-order valence-corrected chi connectivity index (χ3v) is 16.4. The van der Waals surface area contributed by atoms with Crippen LogP contribution in [0.4, 0.5) is 11.4 Å². The molecule has 2 nitrogen and oxygen atoms in total. The van der Waals surface area contributed by atoms with Gasteiger partial charge in [0.15, 0.2) is 0 Å². The van der Waals surface area contributed by atoms with Gasteiger partial charge in [0.2, 0.25) is 0 Å². The van der Waals surface area contributed by atoms with Gasteiger partial charge in [-0.05, 0) is 74.2 Å². The van der Waals surface area contributed by atoms with Gasteiger partial charge in [0.05, 0.1) is 17.1 Å². The normalized spacial score (nSPS) is 11.6. The van der Waals surface area contributed by atoms with Crippen molar-refractivity contribution in [2.75, 3.05) is 0 Å². The Labute approximate surface area is 488 Å². The van der Waals surface area contributed by atoms with Crippen molar-refractivity contribution >= 4 is 23.3 Å². The van der Waals surface area contributed by atoms with Crippen LogP contribution < -0.4 is 0 Å². The van der Waals surface area contributed by atoms with Crippen LogP contribution in [-0.4, -0.2) is 11.9 Å². The Balaban J connectivity index is 1.49. The fourth-order valence-electron chi connectivity index (χ4n) is 11.1. The van der Waals surface area contributed by atoms with Crippen molar-refractivity contribution in [2.45, 2.75) is 374 Å². The first-order chi connectivity index (χ1) is 38.7. The lowest BCUT2D eigenvalue weighted by molar-refractivity contribution is 0.517. The van der Waals surface area contributed by atoms with E-state index in [0.29, 0.717) is 0 Å². The standard InChI is InChI=1S/C76H128N2/c1-4-7-10-13-15-17-19-21-23-25-27-29-31-33-35-37-39-41-43-45-47-49-51-53-55-57-60-72-63-67-74(68-64-72)77-71-76(62-59-12-9-6-3)78-75-69-65-73(66-70-75)61-58-56-54-52-50-48-46-44-42-40-38-36-34-32-30-28-26-24-22-20-18-16-14-11-8-5-2/h63-71H,4-56,59,62H2,1-3H3. The van der Waals surface area contributed by atoms with Crippen LogP contribution in [0.25, 0.3) is 0 Å². The number of aliphatic imine (C=N–C) groups is 2. The molecule has 0 saturated carbocycles. The molecule has 2 rings (SSSR count). The maximum absolute atomic E-state index is 5.05. The highest BCUT2D eigenvalue weighted by Gasteiger charge is 2.02. The minimum atomic E-state index is 0.938. The highest BCUT2D eigenvalue weighted by Crippen LogP contribution is 2.21. The Morgan fingerprint density at radius 1 is 0.282 bits per heavy atom. The molecule has 0 radical (unpaired) electrons. The van der Waals surface area contributed by atoms with Crippen molar-refractivity contribution in [1.82, 2.24) is 0 Å². The summed E-state index contributed by atoms with van der Waals surface area (Å²) in [5, 5.41) is 0. The summed E-state index contributed by atoms with van der Waals surface area (Å²) in [6.07, 6.45) is 78.4. The van der Waals surface area contributed by atoms with Crippen LogP contribution in [0.5, 0.6) is 0 Å². The number of unbranched alkanes of at least 4 members (excludes halogenated alkanes) is 51. The van der Waals surface area contributed by atoms with E-state index in [-0.39, 0.29) is 0 Å². The number of rotatable bonds is 56. The summed E-state index contributed by atoms with van der Waals surface area (Å²) < 4.78 is 0. The lowest BCUT2D eigenvalue weighted by atomic mass is 10.0. The SMILES string of the molecule is CCCCCCCCCCCCCCCCCCCCCCCCCCC#Cc1ccc(N=CC(CCCCCC)=Nc2ccc(C#CCCCCCCCCCCCCCCCCCCCCCCCCCC)cc2)cc1.